The molecule has 0 atom stereocenters. The number of H-pyrrole nitrogens is 1. The lowest BCUT2D eigenvalue weighted by atomic mass is 10.2. The molecule has 16 heavy (non-hydrogen) atoms. The molecule has 0 aliphatic heterocycles. The van der Waals surface area contributed by atoms with Crippen molar-refractivity contribution in [2.24, 2.45) is 0 Å². The summed E-state index contributed by atoms with van der Waals surface area (Å²) in [4.78, 5) is 22.5. The van der Waals surface area contributed by atoms with Gasteiger partial charge in [0.25, 0.3) is 5.56 Å². The van der Waals surface area contributed by atoms with E-state index in [-0.39, 0.29) is 0 Å². The molecular formula is C8H4F4NO3-. The van der Waals surface area contributed by atoms with Crippen LogP contribution >= 0.6 is 0 Å². The number of rotatable bonds is 3. The van der Waals surface area contributed by atoms with Crippen LogP contribution in [0.2, 0.25) is 0 Å². The van der Waals surface area contributed by atoms with Gasteiger partial charge in [-0.15, -0.1) is 0 Å². The number of carbonyl (C=O) groups excluding carboxylic acids is 1. The van der Waals surface area contributed by atoms with E-state index in [0.29, 0.717) is 12.1 Å². The van der Waals surface area contributed by atoms with Crippen LogP contribution in [0.4, 0.5) is 17.6 Å². The lowest BCUT2D eigenvalue weighted by Gasteiger charge is -2.15. The number of carbonyl (C=O) groups is 1. The first-order valence-electron chi connectivity index (χ1n) is 3.88. The molecule has 0 aliphatic carbocycles. The summed E-state index contributed by atoms with van der Waals surface area (Å²) < 4.78 is 49.2. The fraction of sp³-hybridized carbons (Fsp3) is 0.250. The van der Waals surface area contributed by atoms with Crippen molar-refractivity contribution in [3.8, 4) is 0 Å². The van der Waals surface area contributed by atoms with E-state index >= 15 is 0 Å². The lowest BCUT2D eigenvalue weighted by molar-refractivity contribution is -0.255. The first kappa shape index (κ1) is 12.2. The third-order valence-corrected chi connectivity index (χ3v) is 1.76. The maximum absolute atomic E-state index is 12.7. The average molecular weight is 238 g/mol. The number of carboxylic acid groups (broad SMARTS) is 1. The molecule has 88 valence electrons. The topological polar surface area (TPSA) is 73.0 Å². The minimum Gasteiger partial charge on any atom is -0.545 e. The molecule has 0 saturated carbocycles. The minimum absolute atomic E-state index is 0.401. The number of hydrogen-bond donors (Lipinski definition) is 1. The summed E-state index contributed by atoms with van der Waals surface area (Å²) in [6, 6.07) is 0.887. The van der Waals surface area contributed by atoms with Gasteiger partial charge in [-0.25, -0.2) is 8.78 Å². The summed E-state index contributed by atoms with van der Waals surface area (Å²) in [5.41, 5.74) is -3.68. The van der Waals surface area contributed by atoms with Crippen molar-refractivity contribution in [3.63, 3.8) is 0 Å². The normalized spacial score (nSPS) is 11.8. The SMILES string of the molecule is O=C([O-])c1ccc(C(F)(F)C(F)F)[nH]c1=O. The predicted molar refractivity (Wildman–Crippen MR) is 41.3 cm³/mol. The second-order valence-corrected chi connectivity index (χ2v) is 2.83. The van der Waals surface area contributed by atoms with Gasteiger partial charge in [-0.1, -0.05) is 0 Å². The summed E-state index contributed by atoms with van der Waals surface area (Å²) >= 11 is 0. The second kappa shape index (κ2) is 3.95. The van der Waals surface area contributed by atoms with Crippen LogP contribution in [0.15, 0.2) is 16.9 Å². The molecule has 4 nitrogen and oxygen atoms in total. The first-order chi connectivity index (χ1) is 7.26. The number of nitrogens with one attached hydrogen (secondary N) is 1. The van der Waals surface area contributed by atoms with Crippen molar-refractivity contribution in [2.45, 2.75) is 12.3 Å². The Morgan fingerprint density at radius 1 is 1.38 bits per heavy atom. The van der Waals surface area contributed by atoms with Gasteiger partial charge in [0.1, 0.15) is 0 Å². The van der Waals surface area contributed by atoms with Crippen molar-refractivity contribution in [1.29, 1.82) is 0 Å². The van der Waals surface area contributed by atoms with Gasteiger partial charge in [-0.3, -0.25) is 4.79 Å². The zero-order valence-corrected chi connectivity index (χ0v) is 7.47. The molecule has 1 aromatic heterocycles. The van der Waals surface area contributed by atoms with Gasteiger partial charge in [0.15, 0.2) is 0 Å². The van der Waals surface area contributed by atoms with Crippen LogP contribution in [0, 0.1) is 0 Å². The molecule has 0 fully saturated rings. The van der Waals surface area contributed by atoms with E-state index in [1.807, 2.05) is 0 Å². The molecule has 0 amide bonds. The number of aromatic amines is 1. The fourth-order valence-electron chi connectivity index (χ4n) is 0.946. The highest BCUT2D eigenvalue weighted by Crippen LogP contribution is 2.32. The van der Waals surface area contributed by atoms with Crippen molar-refractivity contribution in [3.05, 3.63) is 33.7 Å². The zero-order chi connectivity index (χ0) is 12.5. The Labute approximate surface area is 85.5 Å². The molecule has 1 rings (SSSR count). The Balaban J connectivity index is 3.26. The second-order valence-electron chi connectivity index (χ2n) is 2.83. The van der Waals surface area contributed by atoms with E-state index < -0.39 is 35.1 Å². The van der Waals surface area contributed by atoms with Crippen LogP contribution in [0.25, 0.3) is 0 Å². The number of halogens is 4. The monoisotopic (exact) mass is 238 g/mol. The van der Waals surface area contributed by atoms with Crippen LogP contribution in [0.3, 0.4) is 0 Å². The third kappa shape index (κ3) is 2.05. The van der Waals surface area contributed by atoms with Gasteiger partial charge in [0.05, 0.1) is 17.2 Å². The van der Waals surface area contributed by atoms with Gasteiger partial charge >= 0.3 is 12.3 Å². The first-order valence-corrected chi connectivity index (χ1v) is 3.88. The predicted octanol–water partition coefficient (Wildman–Crippen LogP) is 0.0953. The minimum atomic E-state index is -4.54. The van der Waals surface area contributed by atoms with Crippen LogP contribution in [0.1, 0.15) is 16.1 Å². The van der Waals surface area contributed by atoms with Gasteiger partial charge in [-0.05, 0) is 12.1 Å². The number of aromatic carboxylic acids is 1. The third-order valence-electron chi connectivity index (χ3n) is 1.76. The van der Waals surface area contributed by atoms with Crippen LogP contribution in [-0.2, 0) is 5.92 Å². The van der Waals surface area contributed by atoms with Crippen LogP contribution in [0.5, 0.6) is 0 Å². The number of hydrogen-bond acceptors (Lipinski definition) is 3. The van der Waals surface area contributed by atoms with E-state index in [1.165, 1.54) is 4.98 Å². The molecule has 0 radical (unpaired) electrons. The molecular weight excluding hydrogens is 234 g/mol. The van der Waals surface area contributed by atoms with Crippen molar-refractivity contribution >= 4 is 5.97 Å². The standard InChI is InChI=1S/C8H5F4NO3/c9-7(10)8(11,12)4-2-1-3(6(15)16)5(14)13-4/h1-2,7H,(H,13,14)(H,15,16)/p-1. The molecule has 1 N–H and O–H groups in total. The highest BCUT2D eigenvalue weighted by Gasteiger charge is 2.43. The van der Waals surface area contributed by atoms with Gasteiger partial charge in [0.2, 0.25) is 0 Å². The highest BCUT2D eigenvalue weighted by atomic mass is 19.3. The Hall–Kier alpha value is -1.86. The van der Waals surface area contributed by atoms with E-state index in [9.17, 15) is 32.3 Å². The number of pyridine rings is 1. The number of carboxylic acids is 1. The van der Waals surface area contributed by atoms with Crippen molar-refractivity contribution in [1.82, 2.24) is 4.98 Å². The van der Waals surface area contributed by atoms with Crippen LogP contribution in [-0.4, -0.2) is 17.4 Å². The van der Waals surface area contributed by atoms with Gasteiger partial charge < -0.3 is 14.9 Å². The molecule has 0 bridgehead atoms. The quantitative estimate of drug-likeness (QED) is 0.758. The largest absolute Gasteiger partial charge is 0.545 e. The summed E-state index contributed by atoms with van der Waals surface area (Å²) in [5, 5.41) is 10.2. The molecule has 8 heteroatoms. The molecule has 0 saturated heterocycles. The highest BCUT2D eigenvalue weighted by molar-refractivity contribution is 5.85. The van der Waals surface area contributed by atoms with E-state index in [0.717, 1.165) is 0 Å². The molecule has 1 aromatic rings. The Kier molecular flexibility index (Phi) is 3.02. The fourth-order valence-corrected chi connectivity index (χ4v) is 0.946. The lowest BCUT2D eigenvalue weighted by Crippen LogP contribution is -2.33. The maximum atomic E-state index is 12.7. The molecule has 0 spiro atoms. The van der Waals surface area contributed by atoms with Crippen molar-refractivity contribution < 1.29 is 27.5 Å². The van der Waals surface area contributed by atoms with Gasteiger partial charge in [0, 0.05) is 0 Å². The molecule has 1 heterocycles. The van der Waals surface area contributed by atoms with E-state index in [2.05, 4.69) is 0 Å². The Bertz CT molecular complexity index is 469. The van der Waals surface area contributed by atoms with Crippen LogP contribution < -0.4 is 10.7 Å². The maximum Gasteiger partial charge on any atom is 0.346 e. The Morgan fingerprint density at radius 3 is 2.31 bits per heavy atom. The summed E-state index contributed by atoms with van der Waals surface area (Å²) in [6.07, 6.45) is -4.00. The number of aromatic nitrogens is 1. The average Bonchev–Trinajstić information content (AvgIpc) is 2.16. The molecule has 0 aliphatic rings. The van der Waals surface area contributed by atoms with Crippen molar-refractivity contribution in [2.75, 3.05) is 0 Å². The molecule has 0 unspecified atom stereocenters. The smallest absolute Gasteiger partial charge is 0.346 e. The van der Waals surface area contributed by atoms with Gasteiger partial charge in [-0.2, -0.15) is 8.78 Å². The summed E-state index contributed by atoms with van der Waals surface area (Å²) in [6.45, 7) is 0. The van der Waals surface area contributed by atoms with E-state index in [4.69, 9.17) is 0 Å². The summed E-state index contributed by atoms with van der Waals surface area (Å²) in [5.74, 6) is -6.42. The Morgan fingerprint density at radius 2 is 1.94 bits per heavy atom. The molecule has 0 aromatic carbocycles. The zero-order valence-electron chi connectivity index (χ0n) is 7.47. The van der Waals surface area contributed by atoms with E-state index in [1.54, 1.807) is 0 Å². The summed E-state index contributed by atoms with van der Waals surface area (Å²) in [7, 11) is 0. The number of alkyl halides is 4.